The van der Waals surface area contributed by atoms with Crippen LogP contribution in [0.2, 0.25) is 0 Å². The molecule has 1 spiro atoms. The van der Waals surface area contributed by atoms with Crippen LogP contribution in [0.15, 0.2) is 41.3 Å². The van der Waals surface area contributed by atoms with E-state index in [1.165, 1.54) is 14.1 Å². The van der Waals surface area contributed by atoms with Crippen LogP contribution in [0, 0.1) is 6.92 Å². The number of aryl methyl sites for hydroxylation is 1. The lowest BCUT2D eigenvalue weighted by Crippen LogP contribution is -2.49. The van der Waals surface area contributed by atoms with Crippen molar-refractivity contribution in [1.29, 1.82) is 0 Å². The van der Waals surface area contributed by atoms with E-state index >= 15 is 0 Å². The van der Waals surface area contributed by atoms with E-state index < -0.39 is 15.6 Å². The number of benzene rings is 1. The van der Waals surface area contributed by atoms with Gasteiger partial charge in [-0.2, -0.15) is 4.31 Å². The first-order chi connectivity index (χ1) is 13.4. The number of para-hydroxylation sites is 1. The van der Waals surface area contributed by atoms with Gasteiger partial charge in [0.2, 0.25) is 10.0 Å². The van der Waals surface area contributed by atoms with Crippen molar-refractivity contribution in [3.05, 3.63) is 46.2 Å². The molecule has 1 atom stereocenters. The summed E-state index contributed by atoms with van der Waals surface area (Å²) in [7, 11) is -2.03. The highest BCUT2D eigenvalue weighted by atomic mass is 32.2. The monoisotopic (exact) mass is 422 g/mol. The fraction of sp³-hybridized carbons (Fsp3) is 0.500. The summed E-state index contributed by atoms with van der Waals surface area (Å²) in [5.41, 5.74) is -0.542. The molecule has 1 aromatic carbocycles. The molecular formula is C20H26N2O4S2. The van der Waals surface area contributed by atoms with Gasteiger partial charge in [0.15, 0.2) is 0 Å². The summed E-state index contributed by atoms with van der Waals surface area (Å²) in [6, 6.07) is 11.3. The number of fused-ring (bicyclic) bond motifs is 1. The van der Waals surface area contributed by atoms with Crippen LogP contribution in [-0.2, 0) is 21.3 Å². The van der Waals surface area contributed by atoms with Crippen molar-refractivity contribution in [3.63, 3.8) is 0 Å². The number of hydrogen-bond acceptors (Lipinski definition) is 6. The average Bonchev–Trinajstić information content (AvgIpc) is 3.23. The Labute approximate surface area is 170 Å². The Kier molecular flexibility index (Phi) is 5.50. The first kappa shape index (κ1) is 19.8. The van der Waals surface area contributed by atoms with E-state index in [2.05, 4.69) is 24.0 Å². The van der Waals surface area contributed by atoms with Crippen molar-refractivity contribution in [1.82, 2.24) is 9.21 Å². The molecule has 8 heteroatoms. The Balaban J connectivity index is 1.62. The van der Waals surface area contributed by atoms with Gasteiger partial charge in [-0.15, -0.1) is 11.3 Å². The fourth-order valence-electron chi connectivity index (χ4n) is 4.02. The fourth-order valence-corrected chi connectivity index (χ4v) is 6.56. The highest BCUT2D eigenvalue weighted by molar-refractivity contribution is 7.89. The Morgan fingerprint density at radius 3 is 2.79 bits per heavy atom. The van der Waals surface area contributed by atoms with E-state index in [1.54, 1.807) is 25.3 Å². The molecule has 0 radical (unpaired) electrons. The maximum atomic E-state index is 13.2. The highest BCUT2D eigenvalue weighted by Crippen LogP contribution is 2.38. The van der Waals surface area contributed by atoms with Gasteiger partial charge in [0.25, 0.3) is 0 Å². The topological polar surface area (TPSA) is 59.1 Å². The van der Waals surface area contributed by atoms with Gasteiger partial charge < -0.3 is 9.47 Å². The molecule has 1 saturated heterocycles. The Morgan fingerprint density at radius 2 is 2.04 bits per heavy atom. The molecule has 6 nitrogen and oxygen atoms in total. The molecule has 0 aliphatic carbocycles. The second-order valence-corrected chi connectivity index (χ2v) is 10.8. The number of methoxy groups -OCH3 is 1. The summed E-state index contributed by atoms with van der Waals surface area (Å²) in [5.74, 6) is 0.455. The summed E-state index contributed by atoms with van der Waals surface area (Å²) in [6.45, 7) is 5.60. The van der Waals surface area contributed by atoms with Gasteiger partial charge in [-0.3, -0.25) is 4.90 Å². The highest BCUT2D eigenvalue weighted by Gasteiger charge is 2.47. The van der Waals surface area contributed by atoms with Crippen molar-refractivity contribution >= 4 is 21.4 Å². The largest absolute Gasteiger partial charge is 0.483 e. The van der Waals surface area contributed by atoms with Crippen LogP contribution in [-0.4, -0.2) is 63.1 Å². The standard InChI is InChI=1S/C20H26N2O4S2/c1-16-7-8-17(27-16)13-21-10-9-20(14-21)15-22(11-12-25-2)28(23,24)19-6-4-3-5-18(19)26-20/h3-8H,9-15H2,1-2H3. The molecule has 1 fully saturated rings. The third-order valence-electron chi connectivity index (χ3n) is 5.37. The minimum Gasteiger partial charge on any atom is -0.483 e. The average molecular weight is 423 g/mol. The Bertz CT molecular complexity index is 943. The normalized spacial score (nSPS) is 24.8. The zero-order valence-corrected chi connectivity index (χ0v) is 17.9. The van der Waals surface area contributed by atoms with Crippen LogP contribution < -0.4 is 4.74 Å². The van der Waals surface area contributed by atoms with E-state index in [4.69, 9.17) is 9.47 Å². The smallest absolute Gasteiger partial charge is 0.246 e. The minimum atomic E-state index is -3.62. The van der Waals surface area contributed by atoms with Crippen LogP contribution in [0.25, 0.3) is 0 Å². The zero-order chi connectivity index (χ0) is 19.8. The Hall–Kier alpha value is -1.45. The van der Waals surface area contributed by atoms with Crippen LogP contribution in [0.3, 0.4) is 0 Å². The van der Waals surface area contributed by atoms with E-state index in [0.717, 1.165) is 19.5 Å². The van der Waals surface area contributed by atoms with Crippen molar-refractivity contribution in [2.45, 2.75) is 30.4 Å². The van der Waals surface area contributed by atoms with E-state index in [0.29, 0.717) is 32.0 Å². The van der Waals surface area contributed by atoms with E-state index in [-0.39, 0.29) is 4.90 Å². The minimum absolute atomic E-state index is 0.246. The van der Waals surface area contributed by atoms with Crippen molar-refractivity contribution in [2.75, 3.05) is 39.9 Å². The molecule has 0 amide bonds. The van der Waals surface area contributed by atoms with Crippen molar-refractivity contribution in [3.8, 4) is 5.75 Å². The van der Waals surface area contributed by atoms with E-state index in [9.17, 15) is 8.42 Å². The Morgan fingerprint density at radius 1 is 1.21 bits per heavy atom. The molecular weight excluding hydrogens is 396 g/mol. The molecule has 4 rings (SSSR count). The zero-order valence-electron chi connectivity index (χ0n) is 16.3. The second-order valence-electron chi connectivity index (χ2n) is 7.54. The molecule has 0 saturated carbocycles. The molecule has 1 unspecified atom stereocenters. The lowest BCUT2D eigenvalue weighted by molar-refractivity contribution is 0.0534. The number of nitrogens with zero attached hydrogens (tertiary/aromatic N) is 2. The summed E-state index contributed by atoms with van der Waals surface area (Å²) < 4.78 is 39.6. The summed E-state index contributed by atoms with van der Waals surface area (Å²) >= 11 is 1.81. The van der Waals surface area contributed by atoms with Gasteiger partial charge in [0.05, 0.1) is 13.2 Å². The van der Waals surface area contributed by atoms with Crippen molar-refractivity contribution in [2.24, 2.45) is 0 Å². The first-order valence-electron chi connectivity index (χ1n) is 9.47. The molecule has 152 valence electrons. The van der Waals surface area contributed by atoms with Crippen LogP contribution in [0.5, 0.6) is 5.75 Å². The predicted octanol–water partition coefficient (Wildman–Crippen LogP) is 2.73. The molecule has 3 heterocycles. The van der Waals surface area contributed by atoms with Gasteiger partial charge in [-0.25, -0.2) is 8.42 Å². The maximum Gasteiger partial charge on any atom is 0.246 e. The number of likely N-dealkylation sites (tertiary alicyclic amines) is 1. The second kappa shape index (κ2) is 7.76. The van der Waals surface area contributed by atoms with Crippen LogP contribution in [0.1, 0.15) is 16.2 Å². The first-order valence-corrected chi connectivity index (χ1v) is 11.7. The molecule has 2 aliphatic heterocycles. The summed E-state index contributed by atoms with van der Waals surface area (Å²) in [5, 5.41) is 0. The number of hydrogen-bond donors (Lipinski definition) is 0. The molecule has 1 aromatic heterocycles. The SMILES string of the molecule is COCCN1CC2(CCN(Cc3ccc(C)s3)C2)Oc2ccccc2S1(=O)=O. The third-order valence-corrected chi connectivity index (χ3v) is 8.24. The van der Waals surface area contributed by atoms with E-state index in [1.807, 2.05) is 17.4 Å². The quantitative estimate of drug-likeness (QED) is 0.742. The molecule has 28 heavy (non-hydrogen) atoms. The number of sulfonamides is 1. The maximum absolute atomic E-state index is 13.2. The number of rotatable bonds is 5. The van der Waals surface area contributed by atoms with Crippen LogP contribution >= 0.6 is 11.3 Å². The molecule has 2 aliphatic rings. The molecule has 2 aromatic rings. The summed E-state index contributed by atoms with van der Waals surface area (Å²) in [6.07, 6.45) is 0.796. The van der Waals surface area contributed by atoms with Gasteiger partial charge in [0, 0.05) is 49.5 Å². The lowest BCUT2D eigenvalue weighted by atomic mass is 10.0. The van der Waals surface area contributed by atoms with Gasteiger partial charge >= 0.3 is 0 Å². The molecule has 0 N–H and O–H groups in total. The van der Waals surface area contributed by atoms with Gasteiger partial charge in [-0.1, -0.05) is 12.1 Å². The number of thiophene rings is 1. The van der Waals surface area contributed by atoms with Gasteiger partial charge in [-0.05, 0) is 31.2 Å². The third kappa shape index (κ3) is 3.84. The van der Waals surface area contributed by atoms with Gasteiger partial charge in [0.1, 0.15) is 16.2 Å². The predicted molar refractivity (Wildman–Crippen MR) is 109 cm³/mol. The molecule has 0 bridgehead atoms. The summed E-state index contributed by atoms with van der Waals surface area (Å²) in [4.78, 5) is 5.24. The lowest BCUT2D eigenvalue weighted by Gasteiger charge is -2.32. The van der Waals surface area contributed by atoms with Crippen molar-refractivity contribution < 1.29 is 17.9 Å². The number of ether oxygens (including phenoxy) is 2. The van der Waals surface area contributed by atoms with Crippen LogP contribution in [0.4, 0.5) is 0 Å².